The second-order valence-electron chi connectivity index (χ2n) is 4.89. The van der Waals surface area contributed by atoms with Crippen molar-refractivity contribution < 1.29 is 19.2 Å². The van der Waals surface area contributed by atoms with Crippen molar-refractivity contribution in [2.75, 3.05) is 11.1 Å². The first-order valence-corrected chi connectivity index (χ1v) is 7.06. The number of nitrogens with one attached hydrogen (secondary N) is 1. The Kier molecular flexibility index (Phi) is 5.58. The molecule has 0 bridgehead atoms. The third kappa shape index (κ3) is 4.86. The Hall–Kier alpha value is -1.54. The lowest BCUT2D eigenvalue weighted by Gasteiger charge is -2.27. The number of aryl methyl sites for hydroxylation is 1. The maximum absolute atomic E-state index is 11.7. The van der Waals surface area contributed by atoms with E-state index in [4.69, 9.17) is 15.4 Å². The van der Waals surface area contributed by atoms with Crippen molar-refractivity contribution in [2.45, 2.75) is 38.0 Å². The highest BCUT2D eigenvalue weighted by Crippen LogP contribution is 2.28. The first-order chi connectivity index (χ1) is 9.22. The number of thioether (sulfide) groups is 1. The summed E-state index contributed by atoms with van der Waals surface area (Å²) in [6.07, 6.45) is 0.242. The highest BCUT2D eigenvalue weighted by atomic mass is 32.2. The molecule has 4 N–H and O–H groups in total. The number of carboxylic acid groups (broad SMARTS) is 1. The third-order valence-electron chi connectivity index (χ3n) is 2.71. The zero-order valence-electron chi connectivity index (χ0n) is 11.7. The molecule has 112 valence electrons. The summed E-state index contributed by atoms with van der Waals surface area (Å²) in [5, 5.41) is 15.1. The van der Waals surface area contributed by atoms with Gasteiger partial charge in [-0.3, -0.25) is 9.59 Å². The zero-order chi connectivity index (χ0) is 15.3. The van der Waals surface area contributed by atoms with Crippen LogP contribution in [-0.2, 0) is 9.59 Å². The molecule has 0 saturated carbocycles. The average Bonchev–Trinajstić information content (AvgIpc) is 2.73. The number of amides is 1. The quantitative estimate of drug-likeness (QED) is 0.693. The van der Waals surface area contributed by atoms with Gasteiger partial charge in [-0.15, -0.1) is 0 Å². The summed E-state index contributed by atoms with van der Waals surface area (Å²) in [5.74, 6) is 0.203. The number of carboxylic acids is 1. The van der Waals surface area contributed by atoms with Crippen LogP contribution in [0, 0.1) is 6.92 Å². The van der Waals surface area contributed by atoms with Crippen molar-refractivity contribution >= 4 is 29.5 Å². The molecule has 0 saturated heterocycles. The molecule has 0 unspecified atom stereocenters. The molecule has 1 rings (SSSR count). The summed E-state index contributed by atoms with van der Waals surface area (Å²) in [7, 11) is 0. The first-order valence-electron chi connectivity index (χ1n) is 6.08. The van der Waals surface area contributed by atoms with Crippen LogP contribution in [0.2, 0.25) is 0 Å². The molecule has 20 heavy (non-hydrogen) atoms. The molecular weight excluding hydrogens is 282 g/mol. The van der Waals surface area contributed by atoms with Gasteiger partial charge in [-0.1, -0.05) is 5.16 Å². The van der Waals surface area contributed by atoms with Crippen LogP contribution in [0.25, 0.3) is 0 Å². The van der Waals surface area contributed by atoms with E-state index in [0.717, 1.165) is 0 Å². The van der Waals surface area contributed by atoms with Crippen LogP contribution >= 0.6 is 11.8 Å². The molecule has 0 aliphatic rings. The Labute approximate surface area is 121 Å². The molecule has 0 fully saturated rings. The largest absolute Gasteiger partial charge is 0.480 e. The van der Waals surface area contributed by atoms with Crippen LogP contribution in [-0.4, -0.2) is 38.7 Å². The molecule has 1 aromatic rings. The van der Waals surface area contributed by atoms with Crippen LogP contribution in [0.15, 0.2) is 10.6 Å². The fraction of sp³-hybridized carbons (Fsp3) is 0.583. The van der Waals surface area contributed by atoms with Gasteiger partial charge in [-0.2, -0.15) is 11.8 Å². The molecule has 0 radical (unpaired) electrons. The number of hydrogen-bond donors (Lipinski definition) is 3. The third-order valence-corrected chi connectivity index (χ3v) is 4.12. The Morgan fingerprint density at radius 2 is 2.25 bits per heavy atom. The summed E-state index contributed by atoms with van der Waals surface area (Å²) < 4.78 is 4.19. The van der Waals surface area contributed by atoms with Crippen LogP contribution < -0.4 is 11.1 Å². The van der Waals surface area contributed by atoms with Gasteiger partial charge in [0.2, 0.25) is 5.91 Å². The fourth-order valence-electron chi connectivity index (χ4n) is 1.42. The normalized spacial score (nSPS) is 13.0. The Morgan fingerprint density at radius 1 is 1.60 bits per heavy atom. The molecule has 0 aromatic carbocycles. The maximum Gasteiger partial charge on any atom is 0.321 e. The first kappa shape index (κ1) is 16.5. The number of nitrogens with zero attached hydrogens (tertiary/aromatic N) is 1. The van der Waals surface area contributed by atoms with Crippen molar-refractivity contribution in [2.24, 2.45) is 5.73 Å². The SMILES string of the molecule is Cc1cc(NC(=O)CCSC(C)(C)[C@@H](N)C(=O)O)no1. The molecule has 1 amide bonds. The van der Waals surface area contributed by atoms with Gasteiger partial charge in [-0.05, 0) is 20.8 Å². The number of aliphatic carboxylic acids is 1. The van der Waals surface area contributed by atoms with Gasteiger partial charge in [0, 0.05) is 23.0 Å². The highest BCUT2D eigenvalue weighted by Gasteiger charge is 2.32. The minimum atomic E-state index is -1.05. The average molecular weight is 301 g/mol. The van der Waals surface area contributed by atoms with Gasteiger partial charge in [0.1, 0.15) is 11.8 Å². The van der Waals surface area contributed by atoms with Gasteiger partial charge < -0.3 is 20.7 Å². The van der Waals surface area contributed by atoms with E-state index in [-0.39, 0.29) is 12.3 Å². The molecule has 1 atom stereocenters. The predicted octanol–water partition coefficient (Wildman–Crippen LogP) is 1.24. The highest BCUT2D eigenvalue weighted by molar-refractivity contribution is 8.00. The number of anilines is 1. The van der Waals surface area contributed by atoms with E-state index < -0.39 is 16.8 Å². The lowest BCUT2D eigenvalue weighted by Crippen LogP contribution is -2.46. The molecule has 0 aliphatic carbocycles. The number of nitrogens with two attached hydrogens (primary N) is 1. The Morgan fingerprint density at radius 3 is 2.75 bits per heavy atom. The molecular formula is C12H19N3O4S. The summed E-state index contributed by atoms with van der Waals surface area (Å²) >= 11 is 1.35. The number of rotatable bonds is 7. The zero-order valence-corrected chi connectivity index (χ0v) is 12.5. The molecule has 1 aromatic heterocycles. The summed E-state index contributed by atoms with van der Waals surface area (Å²) in [5.41, 5.74) is 5.59. The molecule has 7 nitrogen and oxygen atoms in total. The molecule has 8 heteroatoms. The van der Waals surface area contributed by atoms with Crippen molar-refractivity contribution in [3.63, 3.8) is 0 Å². The van der Waals surface area contributed by atoms with Crippen LogP contribution in [0.5, 0.6) is 0 Å². The minimum absolute atomic E-state index is 0.203. The topological polar surface area (TPSA) is 118 Å². The van der Waals surface area contributed by atoms with Crippen molar-refractivity contribution in [3.8, 4) is 0 Å². The van der Waals surface area contributed by atoms with Gasteiger partial charge in [-0.25, -0.2) is 0 Å². The molecule has 0 spiro atoms. The molecule has 1 heterocycles. The fourth-order valence-corrected chi connectivity index (χ4v) is 2.52. The van der Waals surface area contributed by atoms with E-state index in [1.54, 1.807) is 26.8 Å². The van der Waals surface area contributed by atoms with Crippen LogP contribution in [0.4, 0.5) is 5.82 Å². The lowest BCUT2D eigenvalue weighted by molar-refractivity contribution is -0.139. The predicted molar refractivity (Wildman–Crippen MR) is 76.6 cm³/mol. The smallest absolute Gasteiger partial charge is 0.321 e. The van der Waals surface area contributed by atoms with Crippen LogP contribution in [0.3, 0.4) is 0 Å². The number of carbonyl (C=O) groups excluding carboxylic acids is 1. The second-order valence-corrected chi connectivity index (χ2v) is 6.64. The van der Waals surface area contributed by atoms with Gasteiger partial charge in [0.05, 0.1) is 0 Å². The van der Waals surface area contributed by atoms with Gasteiger partial charge >= 0.3 is 5.97 Å². The van der Waals surface area contributed by atoms with Crippen molar-refractivity contribution in [1.82, 2.24) is 5.16 Å². The Balaban J connectivity index is 2.36. The lowest BCUT2D eigenvalue weighted by atomic mass is 10.1. The van der Waals surface area contributed by atoms with E-state index in [1.807, 2.05) is 0 Å². The number of hydrogen-bond acceptors (Lipinski definition) is 6. The maximum atomic E-state index is 11.7. The van der Waals surface area contributed by atoms with E-state index in [9.17, 15) is 9.59 Å². The summed E-state index contributed by atoms with van der Waals surface area (Å²) in [6, 6.07) is 0.642. The number of carbonyl (C=O) groups is 2. The Bertz CT molecular complexity index is 487. The van der Waals surface area contributed by atoms with Gasteiger partial charge in [0.25, 0.3) is 0 Å². The number of aromatic nitrogens is 1. The second kappa shape index (κ2) is 6.76. The summed E-state index contributed by atoms with van der Waals surface area (Å²) in [6.45, 7) is 5.22. The summed E-state index contributed by atoms with van der Waals surface area (Å²) in [4.78, 5) is 22.5. The van der Waals surface area contributed by atoms with E-state index >= 15 is 0 Å². The van der Waals surface area contributed by atoms with E-state index in [2.05, 4.69) is 10.5 Å². The minimum Gasteiger partial charge on any atom is -0.480 e. The van der Waals surface area contributed by atoms with Crippen molar-refractivity contribution in [1.29, 1.82) is 0 Å². The van der Waals surface area contributed by atoms with E-state index in [0.29, 0.717) is 17.3 Å². The van der Waals surface area contributed by atoms with E-state index in [1.165, 1.54) is 11.8 Å². The van der Waals surface area contributed by atoms with Crippen molar-refractivity contribution in [3.05, 3.63) is 11.8 Å². The van der Waals surface area contributed by atoms with Gasteiger partial charge in [0.15, 0.2) is 5.82 Å². The monoisotopic (exact) mass is 301 g/mol. The standard InChI is InChI=1S/C12H19N3O4S/c1-7-6-8(15-19-7)14-9(16)4-5-20-12(2,3)10(13)11(17)18/h6,10H,4-5,13H2,1-3H3,(H,17,18)(H,14,15,16)/t10-/m0/s1. The molecule has 0 aliphatic heterocycles. The van der Waals surface area contributed by atoms with Crippen LogP contribution in [0.1, 0.15) is 26.0 Å².